The van der Waals surface area contributed by atoms with Crippen molar-refractivity contribution in [3.05, 3.63) is 59.8 Å². The van der Waals surface area contributed by atoms with Gasteiger partial charge in [-0.3, -0.25) is 4.98 Å². The van der Waals surface area contributed by atoms with E-state index in [1.807, 2.05) is 18.3 Å². The maximum Gasteiger partial charge on any atom is 0.145 e. The molecule has 0 saturated heterocycles. The van der Waals surface area contributed by atoms with E-state index in [4.69, 9.17) is 10.5 Å². The Labute approximate surface area is 165 Å². The van der Waals surface area contributed by atoms with Crippen molar-refractivity contribution in [2.45, 2.75) is 32.6 Å². The zero-order chi connectivity index (χ0) is 19.5. The van der Waals surface area contributed by atoms with Crippen LogP contribution >= 0.6 is 0 Å². The summed E-state index contributed by atoms with van der Waals surface area (Å²) in [4.78, 5) is 8.33. The lowest BCUT2D eigenvalue weighted by Gasteiger charge is -2.11. The second-order valence-electron chi connectivity index (χ2n) is 7.13. The summed E-state index contributed by atoms with van der Waals surface area (Å²) < 4.78 is 5.54. The first-order valence-electron chi connectivity index (χ1n) is 10.0. The molecule has 4 aromatic rings. The zero-order valence-corrected chi connectivity index (χ0v) is 16.6. The molecule has 28 heavy (non-hydrogen) atoms. The third-order valence-electron chi connectivity index (χ3n) is 5.51. The highest BCUT2D eigenvalue weighted by molar-refractivity contribution is 6.02. The van der Waals surface area contributed by atoms with Crippen molar-refractivity contribution in [1.82, 2.24) is 9.97 Å². The topological polar surface area (TPSA) is 63.9 Å². The standard InChI is InChI=1S/C24H27N3O/c1-3-16-8-6-10-17-18(9-4-5-14-25)23(27-22(16)17)20-12-13-21(28-2)24-19(20)11-7-15-26-24/h6-8,10-13,15,27H,3-5,9,14,25H2,1-2H3. The highest BCUT2D eigenvalue weighted by Gasteiger charge is 2.18. The van der Waals surface area contributed by atoms with Gasteiger partial charge in [0.05, 0.1) is 12.8 Å². The van der Waals surface area contributed by atoms with Gasteiger partial charge in [0.25, 0.3) is 0 Å². The Balaban J connectivity index is 1.98. The number of methoxy groups -OCH3 is 1. The Kier molecular flexibility index (Phi) is 5.31. The number of nitrogens with two attached hydrogens (primary N) is 1. The SMILES string of the molecule is CCc1cccc2c(CCCCN)c(-c3ccc(OC)c4ncccc34)[nH]c12. The number of pyridine rings is 1. The number of H-pyrrole nitrogens is 1. The fraction of sp³-hybridized carbons (Fsp3) is 0.292. The molecule has 2 aromatic carbocycles. The van der Waals surface area contributed by atoms with Crippen LogP contribution in [0.2, 0.25) is 0 Å². The van der Waals surface area contributed by atoms with Gasteiger partial charge in [-0.1, -0.05) is 31.2 Å². The highest BCUT2D eigenvalue weighted by atomic mass is 16.5. The van der Waals surface area contributed by atoms with Crippen LogP contribution in [0.25, 0.3) is 33.1 Å². The Morgan fingerprint density at radius 2 is 1.89 bits per heavy atom. The van der Waals surface area contributed by atoms with Gasteiger partial charge in [0.15, 0.2) is 0 Å². The number of hydrogen-bond acceptors (Lipinski definition) is 3. The lowest BCUT2D eigenvalue weighted by atomic mass is 9.97. The summed E-state index contributed by atoms with van der Waals surface area (Å²) in [6.07, 6.45) is 5.94. The molecule has 0 atom stereocenters. The van der Waals surface area contributed by atoms with Crippen LogP contribution in [0.4, 0.5) is 0 Å². The fourth-order valence-electron chi connectivity index (χ4n) is 4.09. The largest absolute Gasteiger partial charge is 0.494 e. The van der Waals surface area contributed by atoms with Gasteiger partial charge in [-0.2, -0.15) is 0 Å². The van der Waals surface area contributed by atoms with Crippen LogP contribution in [0.1, 0.15) is 30.9 Å². The summed E-state index contributed by atoms with van der Waals surface area (Å²) >= 11 is 0. The molecule has 2 aromatic heterocycles. The number of ether oxygens (including phenoxy) is 1. The van der Waals surface area contributed by atoms with Crippen molar-refractivity contribution in [3.8, 4) is 17.0 Å². The van der Waals surface area contributed by atoms with Gasteiger partial charge in [-0.15, -0.1) is 0 Å². The predicted molar refractivity (Wildman–Crippen MR) is 117 cm³/mol. The minimum Gasteiger partial charge on any atom is -0.494 e. The first kappa shape index (κ1) is 18.5. The van der Waals surface area contributed by atoms with E-state index in [2.05, 4.69) is 47.2 Å². The van der Waals surface area contributed by atoms with Crippen LogP contribution in [0, 0.1) is 0 Å². The van der Waals surface area contributed by atoms with Crippen LogP contribution in [0.5, 0.6) is 5.75 Å². The molecule has 0 saturated carbocycles. The number of aryl methyl sites for hydroxylation is 2. The molecule has 0 unspecified atom stereocenters. The molecular weight excluding hydrogens is 346 g/mol. The summed E-state index contributed by atoms with van der Waals surface area (Å²) in [6.45, 7) is 2.93. The molecule has 0 radical (unpaired) electrons. The third kappa shape index (κ3) is 3.14. The van der Waals surface area contributed by atoms with Gasteiger partial charge >= 0.3 is 0 Å². The Hall–Kier alpha value is -2.85. The van der Waals surface area contributed by atoms with Crippen LogP contribution in [0.3, 0.4) is 0 Å². The van der Waals surface area contributed by atoms with Crippen molar-refractivity contribution in [1.29, 1.82) is 0 Å². The number of nitrogens with zero attached hydrogens (tertiary/aromatic N) is 1. The fourth-order valence-corrected chi connectivity index (χ4v) is 4.09. The van der Waals surface area contributed by atoms with Gasteiger partial charge in [-0.05, 0) is 61.6 Å². The number of hydrogen-bond donors (Lipinski definition) is 2. The van der Waals surface area contributed by atoms with E-state index in [0.29, 0.717) is 0 Å². The minimum atomic E-state index is 0.729. The number of aromatic nitrogens is 2. The quantitative estimate of drug-likeness (QED) is 0.436. The number of para-hydroxylation sites is 1. The monoisotopic (exact) mass is 373 g/mol. The molecule has 0 aliphatic heterocycles. The Bertz CT molecular complexity index is 1110. The lowest BCUT2D eigenvalue weighted by molar-refractivity contribution is 0.419. The number of fused-ring (bicyclic) bond motifs is 2. The number of benzene rings is 2. The Morgan fingerprint density at radius 3 is 2.68 bits per heavy atom. The van der Waals surface area contributed by atoms with Gasteiger partial charge < -0.3 is 15.5 Å². The number of nitrogens with one attached hydrogen (secondary N) is 1. The van der Waals surface area contributed by atoms with Crippen LogP contribution in [0.15, 0.2) is 48.7 Å². The molecule has 4 heteroatoms. The predicted octanol–water partition coefficient (Wildman–Crippen LogP) is 5.24. The summed E-state index contributed by atoms with van der Waals surface area (Å²) in [6, 6.07) is 14.9. The van der Waals surface area contributed by atoms with Crippen molar-refractivity contribution in [2.75, 3.05) is 13.7 Å². The van der Waals surface area contributed by atoms with E-state index < -0.39 is 0 Å². The first-order chi connectivity index (χ1) is 13.8. The average Bonchev–Trinajstić information content (AvgIpc) is 3.11. The molecular formula is C24H27N3O. The molecule has 3 N–H and O–H groups in total. The molecule has 0 amide bonds. The Morgan fingerprint density at radius 1 is 1.04 bits per heavy atom. The van der Waals surface area contributed by atoms with E-state index in [1.165, 1.54) is 33.3 Å². The van der Waals surface area contributed by atoms with Crippen LogP contribution in [-0.2, 0) is 12.8 Å². The molecule has 144 valence electrons. The van der Waals surface area contributed by atoms with Crippen molar-refractivity contribution >= 4 is 21.8 Å². The number of aromatic amines is 1. The summed E-state index contributed by atoms with van der Waals surface area (Å²) in [5.41, 5.74) is 13.0. The molecule has 0 aliphatic rings. The van der Waals surface area contributed by atoms with E-state index >= 15 is 0 Å². The molecule has 0 spiro atoms. The summed E-state index contributed by atoms with van der Waals surface area (Å²) in [5, 5.41) is 2.42. The second kappa shape index (κ2) is 8.03. The lowest BCUT2D eigenvalue weighted by Crippen LogP contribution is -1.99. The van der Waals surface area contributed by atoms with E-state index in [-0.39, 0.29) is 0 Å². The zero-order valence-electron chi connectivity index (χ0n) is 16.6. The average molecular weight is 374 g/mol. The third-order valence-corrected chi connectivity index (χ3v) is 5.51. The highest BCUT2D eigenvalue weighted by Crippen LogP contribution is 2.38. The normalized spacial score (nSPS) is 11.4. The number of rotatable bonds is 7. The van der Waals surface area contributed by atoms with Crippen molar-refractivity contribution < 1.29 is 4.74 Å². The summed E-state index contributed by atoms with van der Waals surface area (Å²) in [7, 11) is 1.69. The molecule has 0 aliphatic carbocycles. The van der Waals surface area contributed by atoms with Gasteiger partial charge in [-0.25, -0.2) is 0 Å². The molecule has 0 bridgehead atoms. The molecule has 0 fully saturated rings. The minimum absolute atomic E-state index is 0.729. The smallest absolute Gasteiger partial charge is 0.145 e. The molecule has 4 nitrogen and oxygen atoms in total. The second-order valence-corrected chi connectivity index (χ2v) is 7.13. The van der Waals surface area contributed by atoms with Gasteiger partial charge in [0, 0.05) is 28.0 Å². The number of unbranched alkanes of at least 4 members (excludes halogenated alkanes) is 1. The maximum absolute atomic E-state index is 5.75. The van der Waals surface area contributed by atoms with E-state index in [9.17, 15) is 0 Å². The summed E-state index contributed by atoms with van der Waals surface area (Å²) in [5.74, 6) is 0.800. The van der Waals surface area contributed by atoms with E-state index in [1.54, 1.807) is 7.11 Å². The van der Waals surface area contributed by atoms with E-state index in [0.717, 1.165) is 48.9 Å². The van der Waals surface area contributed by atoms with Crippen molar-refractivity contribution in [2.24, 2.45) is 5.73 Å². The molecule has 4 rings (SSSR count). The molecule has 2 heterocycles. The van der Waals surface area contributed by atoms with Gasteiger partial charge in [0.1, 0.15) is 11.3 Å². The van der Waals surface area contributed by atoms with Crippen LogP contribution < -0.4 is 10.5 Å². The van der Waals surface area contributed by atoms with Crippen molar-refractivity contribution in [3.63, 3.8) is 0 Å². The maximum atomic E-state index is 5.75. The first-order valence-corrected chi connectivity index (χ1v) is 10.0. The van der Waals surface area contributed by atoms with Crippen LogP contribution in [-0.4, -0.2) is 23.6 Å². The van der Waals surface area contributed by atoms with Gasteiger partial charge in [0.2, 0.25) is 0 Å².